The number of hydrogen-bond donors (Lipinski definition) is 0. The molecule has 0 spiro atoms. The first kappa shape index (κ1) is 17.3. The summed E-state index contributed by atoms with van der Waals surface area (Å²) in [5.74, 6) is 0.897. The summed E-state index contributed by atoms with van der Waals surface area (Å²) in [6, 6.07) is 10.4. The van der Waals surface area contributed by atoms with E-state index in [9.17, 15) is 17.8 Å². The molecule has 0 N–H and O–H groups in total. The lowest BCUT2D eigenvalue weighted by Crippen LogP contribution is -2.21. The average Bonchev–Trinajstić information content (AvgIpc) is 3.20. The molecule has 2 heterocycles. The Bertz CT molecular complexity index is 1100. The van der Waals surface area contributed by atoms with Gasteiger partial charge in [-0.1, -0.05) is 6.07 Å². The fraction of sp³-hybridized carbons (Fsp3) is 0.111. The SMILES string of the molecule is CC1=NN(c2ccc(S(=O)(=O)[O-])cc2)C(=O)/C1=C/c1ccc2c(c1)OCO2. The summed E-state index contributed by atoms with van der Waals surface area (Å²) in [5, 5.41) is 5.39. The Labute approximate surface area is 155 Å². The number of rotatable bonds is 3. The Hall–Kier alpha value is -3.17. The minimum absolute atomic E-state index is 0.164. The van der Waals surface area contributed by atoms with Crippen LogP contribution in [0.2, 0.25) is 0 Å². The average molecular weight is 385 g/mol. The lowest BCUT2D eigenvalue weighted by atomic mass is 10.1. The smallest absolute Gasteiger partial charge is 0.280 e. The number of hydrazone groups is 1. The first-order chi connectivity index (χ1) is 12.8. The molecule has 0 saturated heterocycles. The van der Waals surface area contributed by atoms with E-state index in [-0.39, 0.29) is 17.6 Å². The normalized spacial score (nSPS) is 17.6. The number of benzene rings is 2. The topological polar surface area (TPSA) is 108 Å². The Kier molecular flexibility index (Phi) is 3.97. The minimum Gasteiger partial charge on any atom is -0.744 e. The predicted molar refractivity (Wildman–Crippen MR) is 95.5 cm³/mol. The van der Waals surface area contributed by atoms with Crippen LogP contribution < -0.4 is 14.5 Å². The first-order valence-corrected chi connectivity index (χ1v) is 9.31. The van der Waals surface area contributed by atoms with Gasteiger partial charge >= 0.3 is 0 Å². The summed E-state index contributed by atoms with van der Waals surface area (Å²) in [4.78, 5) is 12.4. The Morgan fingerprint density at radius 2 is 1.81 bits per heavy atom. The number of ether oxygens (including phenoxy) is 2. The largest absolute Gasteiger partial charge is 0.744 e. The third-order valence-corrected chi connectivity index (χ3v) is 4.99. The van der Waals surface area contributed by atoms with Crippen LogP contribution in [0.5, 0.6) is 11.5 Å². The second-order valence-electron chi connectivity index (χ2n) is 5.92. The molecule has 2 aliphatic heterocycles. The maximum atomic E-state index is 12.7. The Morgan fingerprint density at radius 3 is 2.52 bits per heavy atom. The third kappa shape index (κ3) is 3.18. The summed E-state index contributed by atoms with van der Waals surface area (Å²) >= 11 is 0. The molecule has 0 atom stereocenters. The highest BCUT2D eigenvalue weighted by atomic mass is 32.2. The van der Waals surface area contributed by atoms with Gasteiger partial charge in [0, 0.05) is 0 Å². The van der Waals surface area contributed by atoms with E-state index in [2.05, 4.69) is 5.10 Å². The molecule has 2 aromatic carbocycles. The van der Waals surface area contributed by atoms with Gasteiger partial charge in [-0.15, -0.1) is 0 Å². The molecule has 0 radical (unpaired) electrons. The fourth-order valence-corrected chi connectivity index (χ4v) is 3.25. The van der Waals surface area contributed by atoms with Crippen LogP contribution in [0, 0.1) is 0 Å². The van der Waals surface area contributed by atoms with Gasteiger partial charge in [-0.3, -0.25) is 4.79 Å². The Balaban J connectivity index is 1.63. The van der Waals surface area contributed by atoms with E-state index in [0.717, 1.165) is 22.7 Å². The number of anilines is 1. The van der Waals surface area contributed by atoms with E-state index in [1.165, 1.54) is 12.1 Å². The van der Waals surface area contributed by atoms with Crippen molar-refractivity contribution in [2.45, 2.75) is 11.8 Å². The van der Waals surface area contributed by atoms with E-state index < -0.39 is 10.1 Å². The number of carbonyl (C=O) groups excluding carboxylic acids is 1. The van der Waals surface area contributed by atoms with Crippen LogP contribution in [0.3, 0.4) is 0 Å². The molecular weight excluding hydrogens is 372 g/mol. The molecule has 27 heavy (non-hydrogen) atoms. The van der Waals surface area contributed by atoms with Crippen LogP contribution in [-0.4, -0.2) is 31.4 Å². The van der Waals surface area contributed by atoms with Crippen molar-refractivity contribution in [2.75, 3.05) is 11.8 Å². The monoisotopic (exact) mass is 385 g/mol. The van der Waals surface area contributed by atoms with Crippen LogP contribution in [0.15, 0.2) is 58.0 Å². The zero-order valence-electron chi connectivity index (χ0n) is 14.1. The molecule has 8 nitrogen and oxygen atoms in total. The number of carbonyl (C=O) groups is 1. The maximum absolute atomic E-state index is 12.7. The molecular formula is C18H13N2O6S-. The van der Waals surface area contributed by atoms with Crippen LogP contribution in [-0.2, 0) is 14.9 Å². The van der Waals surface area contributed by atoms with Gasteiger partial charge < -0.3 is 14.0 Å². The molecule has 0 fully saturated rings. The molecule has 4 rings (SSSR count). The molecule has 138 valence electrons. The summed E-state index contributed by atoms with van der Waals surface area (Å²) in [5.41, 5.74) is 2.03. The van der Waals surface area contributed by atoms with Crippen molar-refractivity contribution in [3.8, 4) is 11.5 Å². The highest BCUT2D eigenvalue weighted by Crippen LogP contribution is 2.34. The summed E-state index contributed by atoms with van der Waals surface area (Å²) < 4.78 is 43.7. The van der Waals surface area contributed by atoms with Gasteiger partial charge in [0.1, 0.15) is 10.1 Å². The molecule has 0 aliphatic carbocycles. The number of nitrogens with zero attached hydrogens (tertiary/aromatic N) is 2. The van der Waals surface area contributed by atoms with Gasteiger partial charge in [0.15, 0.2) is 11.5 Å². The van der Waals surface area contributed by atoms with Gasteiger partial charge in [0.05, 0.1) is 21.9 Å². The number of hydrogen-bond acceptors (Lipinski definition) is 7. The van der Waals surface area contributed by atoms with Gasteiger partial charge in [-0.2, -0.15) is 10.1 Å². The molecule has 9 heteroatoms. The zero-order valence-corrected chi connectivity index (χ0v) is 14.9. The first-order valence-electron chi connectivity index (χ1n) is 7.90. The maximum Gasteiger partial charge on any atom is 0.280 e. The lowest BCUT2D eigenvalue weighted by Gasteiger charge is -2.13. The summed E-state index contributed by atoms with van der Waals surface area (Å²) in [6.45, 7) is 1.87. The van der Waals surface area contributed by atoms with Gasteiger partial charge in [0.25, 0.3) is 5.91 Å². The van der Waals surface area contributed by atoms with Crippen molar-refractivity contribution in [3.05, 3.63) is 53.6 Å². The van der Waals surface area contributed by atoms with E-state index >= 15 is 0 Å². The quantitative estimate of drug-likeness (QED) is 0.591. The highest BCUT2D eigenvalue weighted by Gasteiger charge is 2.29. The van der Waals surface area contributed by atoms with Crippen LogP contribution in [0.4, 0.5) is 5.69 Å². The van der Waals surface area contributed by atoms with Gasteiger partial charge in [-0.05, 0) is 55.0 Å². The second-order valence-corrected chi connectivity index (χ2v) is 7.30. The predicted octanol–water partition coefficient (Wildman–Crippen LogP) is 2.13. The third-order valence-electron chi connectivity index (χ3n) is 4.14. The molecule has 2 aliphatic rings. The molecule has 1 amide bonds. The van der Waals surface area contributed by atoms with Crippen molar-refractivity contribution in [3.63, 3.8) is 0 Å². The van der Waals surface area contributed by atoms with Crippen molar-refractivity contribution < 1.29 is 27.2 Å². The van der Waals surface area contributed by atoms with E-state index in [0.29, 0.717) is 28.5 Å². The van der Waals surface area contributed by atoms with Crippen molar-refractivity contribution in [1.29, 1.82) is 0 Å². The second kappa shape index (κ2) is 6.22. The molecule has 0 bridgehead atoms. The zero-order chi connectivity index (χ0) is 19.2. The van der Waals surface area contributed by atoms with Crippen molar-refractivity contribution in [1.82, 2.24) is 0 Å². The van der Waals surface area contributed by atoms with Crippen LogP contribution in [0.25, 0.3) is 6.08 Å². The van der Waals surface area contributed by atoms with Crippen LogP contribution >= 0.6 is 0 Å². The molecule has 2 aromatic rings. The molecule has 0 aromatic heterocycles. The summed E-state index contributed by atoms with van der Waals surface area (Å²) in [7, 11) is -4.55. The Morgan fingerprint density at radius 1 is 1.11 bits per heavy atom. The molecule has 0 unspecified atom stereocenters. The van der Waals surface area contributed by atoms with E-state index in [1.807, 2.05) is 0 Å². The van der Waals surface area contributed by atoms with Crippen LogP contribution in [0.1, 0.15) is 12.5 Å². The fourth-order valence-electron chi connectivity index (χ4n) is 2.78. The highest BCUT2D eigenvalue weighted by molar-refractivity contribution is 7.85. The van der Waals surface area contributed by atoms with E-state index in [4.69, 9.17) is 9.47 Å². The van der Waals surface area contributed by atoms with Gasteiger partial charge in [0.2, 0.25) is 6.79 Å². The standard InChI is InChI=1S/C18H14N2O6S/c1-11-15(8-12-2-7-16-17(9-12)26-10-25-16)18(21)20(19-11)13-3-5-14(6-4-13)27(22,23)24/h2-9H,10H2,1H3,(H,22,23,24)/p-1/b15-8+. The van der Waals surface area contributed by atoms with Crippen molar-refractivity contribution >= 4 is 33.5 Å². The summed E-state index contributed by atoms with van der Waals surface area (Å²) in [6.07, 6.45) is 1.69. The number of amides is 1. The minimum atomic E-state index is -4.55. The molecule has 0 saturated carbocycles. The van der Waals surface area contributed by atoms with Crippen molar-refractivity contribution in [2.24, 2.45) is 5.10 Å². The lowest BCUT2D eigenvalue weighted by molar-refractivity contribution is -0.114. The number of fused-ring (bicyclic) bond motifs is 1. The van der Waals surface area contributed by atoms with Gasteiger partial charge in [-0.25, -0.2) is 8.42 Å². The van der Waals surface area contributed by atoms with E-state index in [1.54, 1.807) is 31.2 Å².